The first-order valence-corrected chi connectivity index (χ1v) is 9.90. The summed E-state index contributed by atoms with van der Waals surface area (Å²) in [5, 5.41) is 6.91. The summed E-state index contributed by atoms with van der Waals surface area (Å²) >= 11 is 0. The van der Waals surface area contributed by atoms with Crippen LogP contribution in [0.4, 0.5) is 0 Å². The first-order chi connectivity index (χ1) is 12.6. The van der Waals surface area contributed by atoms with Crippen molar-refractivity contribution < 1.29 is 4.74 Å². The van der Waals surface area contributed by atoms with Gasteiger partial charge in [-0.1, -0.05) is 30.7 Å². The minimum Gasteiger partial charge on any atom is -0.380 e. The lowest BCUT2D eigenvalue weighted by molar-refractivity contribution is 0.0982. The molecule has 2 rings (SSSR count). The van der Waals surface area contributed by atoms with Gasteiger partial charge in [0.2, 0.25) is 0 Å². The third-order valence-corrected chi connectivity index (χ3v) is 5.07. The van der Waals surface area contributed by atoms with Gasteiger partial charge in [-0.05, 0) is 57.8 Å². The molecule has 1 aromatic rings. The predicted molar refractivity (Wildman–Crippen MR) is 125 cm³/mol. The molecule has 1 heterocycles. The van der Waals surface area contributed by atoms with Gasteiger partial charge in [0.25, 0.3) is 0 Å². The molecule has 6 heteroatoms. The Hall–Kier alpha value is -0.860. The first-order valence-electron chi connectivity index (χ1n) is 9.90. The Kier molecular flexibility index (Phi) is 11.3. The summed E-state index contributed by atoms with van der Waals surface area (Å²) in [6, 6.07) is 8.34. The number of nitrogens with one attached hydrogen (secondary N) is 2. The Morgan fingerprint density at radius 2 is 1.78 bits per heavy atom. The molecule has 1 fully saturated rings. The number of methoxy groups -OCH3 is 1. The van der Waals surface area contributed by atoms with Crippen molar-refractivity contribution in [3.63, 3.8) is 0 Å². The van der Waals surface area contributed by atoms with E-state index in [-0.39, 0.29) is 29.5 Å². The number of rotatable bonds is 8. The fraction of sp³-hybridized carbons (Fsp3) is 0.667. The largest absolute Gasteiger partial charge is 0.380 e. The van der Waals surface area contributed by atoms with E-state index in [1.54, 1.807) is 7.11 Å². The van der Waals surface area contributed by atoms with E-state index in [1.165, 1.54) is 43.5 Å². The summed E-state index contributed by atoms with van der Waals surface area (Å²) in [4.78, 5) is 7.39. The second-order valence-electron chi connectivity index (χ2n) is 7.61. The molecule has 1 saturated heterocycles. The highest BCUT2D eigenvalue weighted by Crippen LogP contribution is 2.19. The summed E-state index contributed by atoms with van der Waals surface area (Å²) in [7, 11) is 1.73. The third-order valence-electron chi connectivity index (χ3n) is 5.07. The average molecular weight is 488 g/mol. The first kappa shape index (κ1) is 24.2. The molecular weight excluding hydrogens is 451 g/mol. The van der Waals surface area contributed by atoms with Crippen LogP contribution in [0.25, 0.3) is 0 Å². The molecule has 0 radical (unpaired) electrons. The van der Waals surface area contributed by atoms with Crippen LogP contribution in [0, 0.1) is 0 Å². The molecule has 2 N–H and O–H groups in total. The maximum Gasteiger partial charge on any atom is 0.191 e. The van der Waals surface area contributed by atoms with Gasteiger partial charge in [0.05, 0.1) is 13.2 Å². The van der Waals surface area contributed by atoms with E-state index in [0.29, 0.717) is 13.2 Å². The van der Waals surface area contributed by atoms with Crippen molar-refractivity contribution in [3.8, 4) is 0 Å². The maximum atomic E-state index is 5.30. The number of ether oxygens (including phenoxy) is 1. The van der Waals surface area contributed by atoms with Gasteiger partial charge >= 0.3 is 0 Å². The molecule has 0 bridgehead atoms. The Labute approximate surface area is 182 Å². The molecule has 0 unspecified atom stereocenters. The van der Waals surface area contributed by atoms with E-state index in [0.717, 1.165) is 19.0 Å². The quantitative estimate of drug-likeness (QED) is 0.332. The topological polar surface area (TPSA) is 48.9 Å². The number of halogens is 1. The van der Waals surface area contributed by atoms with Crippen LogP contribution in [-0.4, -0.2) is 49.7 Å². The zero-order valence-electron chi connectivity index (χ0n) is 17.4. The highest BCUT2D eigenvalue weighted by atomic mass is 127. The van der Waals surface area contributed by atoms with Gasteiger partial charge in [-0.2, -0.15) is 0 Å². The van der Waals surface area contributed by atoms with Crippen LogP contribution >= 0.6 is 24.0 Å². The zero-order valence-corrected chi connectivity index (χ0v) is 19.7. The number of aliphatic imine (C=N–C) groups is 1. The molecule has 1 aliphatic rings. The van der Waals surface area contributed by atoms with Crippen LogP contribution < -0.4 is 10.6 Å². The van der Waals surface area contributed by atoms with Gasteiger partial charge in [0.15, 0.2) is 5.96 Å². The second-order valence-corrected chi connectivity index (χ2v) is 7.61. The molecule has 154 valence electrons. The van der Waals surface area contributed by atoms with Crippen molar-refractivity contribution in [1.82, 2.24) is 15.5 Å². The van der Waals surface area contributed by atoms with Gasteiger partial charge in [-0.15, -0.1) is 24.0 Å². The van der Waals surface area contributed by atoms with Gasteiger partial charge in [0, 0.05) is 25.7 Å². The Morgan fingerprint density at radius 1 is 1.11 bits per heavy atom. The second kappa shape index (κ2) is 12.6. The molecule has 0 aliphatic carbocycles. The number of piperidine rings is 1. The van der Waals surface area contributed by atoms with E-state index in [9.17, 15) is 0 Å². The molecule has 5 nitrogen and oxygen atoms in total. The fourth-order valence-corrected chi connectivity index (χ4v) is 3.43. The Balaban J connectivity index is 0.00000364. The standard InChI is InChI=1S/C21H36N4O.HI/c1-5-22-20(23-15-18-11-7-8-12-19(18)16-26-4)24-17-21(2,3)25-13-9-6-10-14-25;/h7-8,11-12H,5-6,9-10,13-17H2,1-4H3,(H2,22,23,24);1H. The van der Waals surface area contributed by atoms with Gasteiger partial charge in [-0.25, -0.2) is 4.99 Å². The summed E-state index contributed by atoms with van der Waals surface area (Å²) in [5.74, 6) is 0.879. The van der Waals surface area contributed by atoms with Gasteiger partial charge < -0.3 is 15.4 Å². The van der Waals surface area contributed by atoms with Gasteiger partial charge in [0.1, 0.15) is 0 Å². The average Bonchev–Trinajstić information content (AvgIpc) is 2.66. The molecule has 0 saturated carbocycles. The van der Waals surface area contributed by atoms with E-state index in [4.69, 9.17) is 9.73 Å². The van der Waals surface area contributed by atoms with E-state index in [2.05, 4.69) is 54.5 Å². The number of hydrogen-bond acceptors (Lipinski definition) is 3. The fourth-order valence-electron chi connectivity index (χ4n) is 3.43. The van der Waals surface area contributed by atoms with E-state index >= 15 is 0 Å². The molecule has 1 aromatic carbocycles. The third kappa shape index (κ3) is 7.95. The molecule has 0 spiro atoms. The summed E-state index contributed by atoms with van der Waals surface area (Å²) < 4.78 is 5.30. The van der Waals surface area contributed by atoms with Crippen molar-refractivity contribution >= 4 is 29.9 Å². The van der Waals surface area contributed by atoms with Crippen LogP contribution in [0.5, 0.6) is 0 Å². The van der Waals surface area contributed by atoms with Crippen molar-refractivity contribution in [1.29, 1.82) is 0 Å². The lowest BCUT2D eigenvalue weighted by Gasteiger charge is -2.41. The highest BCUT2D eigenvalue weighted by molar-refractivity contribution is 14.0. The highest BCUT2D eigenvalue weighted by Gasteiger charge is 2.27. The number of nitrogens with zero attached hydrogens (tertiary/aromatic N) is 2. The number of benzene rings is 1. The monoisotopic (exact) mass is 488 g/mol. The van der Waals surface area contributed by atoms with Crippen molar-refractivity contribution in [2.45, 2.75) is 58.7 Å². The summed E-state index contributed by atoms with van der Waals surface area (Å²) in [6.45, 7) is 12.2. The van der Waals surface area contributed by atoms with Crippen LogP contribution in [0.15, 0.2) is 29.3 Å². The van der Waals surface area contributed by atoms with E-state index < -0.39 is 0 Å². The van der Waals surface area contributed by atoms with E-state index in [1.807, 2.05) is 6.07 Å². The maximum absolute atomic E-state index is 5.30. The minimum absolute atomic E-state index is 0. The number of guanidine groups is 1. The normalized spacial score (nSPS) is 15.9. The summed E-state index contributed by atoms with van der Waals surface area (Å²) in [6.07, 6.45) is 3.99. The molecule has 27 heavy (non-hydrogen) atoms. The number of likely N-dealkylation sites (tertiary alicyclic amines) is 1. The van der Waals surface area contributed by atoms with Crippen molar-refractivity contribution in [2.75, 3.05) is 33.3 Å². The molecule has 1 aliphatic heterocycles. The zero-order chi connectivity index (χ0) is 18.8. The lowest BCUT2D eigenvalue weighted by atomic mass is 9.98. The molecule has 0 amide bonds. The van der Waals surface area contributed by atoms with Gasteiger partial charge in [-0.3, -0.25) is 4.90 Å². The Morgan fingerprint density at radius 3 is 2.41 bits per heavy atom. The molecule has 0 aromatic heterocycles. The van der Waals surface area contributed by atoms with Crippen molar-refractivity contribution in [2.24, 2.45) is 4.99 Å². The smallest absolute Gasteiger partial charge is 0.191 e. The lowest BCUT2D eigenvalue weighted by Crippen LogP contribution is -2.54. The van der Waals surface area contributed by atoms with Crippen LogP contribution in [0.1, 0.15) is 51.2 Å². The molecular formula is C21H37IN4O. The van der Waals surface area contributed by atoms with Crippen molar-refractivity contribution in [3.05, 3.63) is 35.4 Å². The Bertz CT molecular complexity index is 571. The van der Waals surface area contributed by atoms with Crippen LogP contribution in [0.2, 0.25) is 0 Å². The molecule has 0 atom stereocenters. The van der Waals surface area contributed by atoms with Crippen LogP contribution in [-0.2, 0) is 17.9 Å². The SMILES string of the molecule is CCNC(=NCc1ccccc1COC)NCC(C)(C)N1CCCCC1.I. The number of hydrogen-bond donors (Lipinski definition) is 2. The van der Waals surface area contributed by atoms with Crippen LogP contribution in [0.3, 0.4) is 0 Å². The predicted octanol–water partition coefficient (Wildman–Crippen LogP) is 3.77. The summed E-state index contributed by atoms with van der Waals surface area (Å²) in [5.41, 5.74) is 2.54. The minimum atomic E-state index is 0.